The minimum atomic E-state index is -0.932. The lowest BCUT2D eigenvalue weighted by Gasteiger charge is -2.24. The first-order chi connectivity index (χ1) is 14.9. The van der Waals surface area contributed by atoms with Gasteiger partial charge in [-0.3, -0.25) is 19.4 Å². The highest BCUT2D eigenvalue weighted by Crippen LogP contribution is 2.30. The van der Waals surface area contributed by atoms with Gasteiger partial charge in [0.05, 0.1) is 11.5 Å². The second kappa shape index (κ2) is 8.43. The van der Waals surface area contributed by atoms with Crippen LogP contribution >= 0.6 is 0 Å². The van der Waals surface area contributed by atoms with Crippen LogP contribution in [0.2, 0.25) is 0 Å². The standard InChI is InChI=1S/C23H23N5O3/c1-3-14-6-4-5-7-17(14)25-21(30)16-12-18(29)26-20-19(16)22(31)28-23(27-20)24-15-10-8-13(2)9-11-15/h4-11,16H,3,12H2,1-2H3,(H,25,30)(H3,24,26,27,28,29,31)/t16-/m0/s1. The van der Waals surface area contributed by atoms with E-state index in [0.29, 0.717) is 5.69 Å². The van der Waals surface area contributed by atoms with E-state index in [2.05, 4.69) is 25.9 Å². The van der Waals surface area contributed by atoms with E-state index in [9.17, 15) is 14.4 Å². The Kier molecular flexibility index (Phi) is 5.53. The first-order valence-corrected chi connectivity index (χ1v) is 10.1. The molecule has 3 aromatic rings. The maximum absolute atomic E-state index is 13.0. The highest BCUT2D eigenvalue weighted by Gasteiger charge is 2.35. The molecule has 0 saturated heterocycles. The SMILES string of the molecule is CCc1ccccc1NC(=O)[C@H]1CC(=O)Nc2nc(Nc3ccc(C)cc3)[nH]c(=O)c21. The summed E-state index contributed by atoms with van der Waals surface area (Å²) in [4.78, 5) is 45.2. The summed E-state index contributed by atoms with van der Waals surface area (Å²) < 4.78 is 0. The van der Waals surface area contributed by atoms with Crippen LogP contribution in [0.25, 0.3) is 0 Å². The van der Waals surface area contributed by atoms with Gasteiger partial charge in [-0.1, -0.05) is 42.8 Å². The van der Waals surface area contributed by atoms with E-state index in [1.54, 1.807) is 6.07 Å². The largest absolute Gasteiger partial charge is 0.326 e. The molecular weight excluding hydrogens is 394 g/mol. The maximum Gasteiger partial charge on any atom is 0.258 e. The van der Waals surface area contributed by atoms with Crippen LogP contribution in [0, 0.1) is 6.92 Å². The van der Waals surface area contributed by atoms with Crippen molar-refractivity contribution in [2.75, 3.05) is 16.0 Å². The molecule has 1 aliphatic heterocycles. The fourth-order valence-corrected chi connectivity index (χ4v) is 3.60. The summed E-state index contributed by atoms with van der Waals surface area (Å²) in [5, 5.41) is 8.50. The van der Waals surface area contributed by atoms with Crippen molar-refractivity contribution in [3.63, 3.8) is 0 Å². The molecule has 0 radical (unpaired) electrons. The van der Waals surface area contributed by atoms with Gasteiger partial charge in [0.15, 0.2) is 0 Å². The summed E-state index contributed by atoms with van der Waals surface area (Å²) in [5.41, 5.74) is 3.17. The number of hydrogen-bond acceptors (Lipinski definition) is 5. The predicted molar refractivity (Wildman–Crippen MR) is 120 cm³/mol. The summed E-state index contributed by atoms with van der Waals surface area (Å²) in [6.07, 6.45) is 0.622. The molecule has 1 aliphatic rings. The van der Waals surface area contributed by atoms with Crippen molar-refractivity contribution in [1.29, 1.82) is 0 Å². The third-order valence-electron chi connectivity index (χ3n) is 5.24. The van der Waals surface area contributed by atoms with Crippen LogP contribution in [0.1, 0.15) is 36.0 Å². The van der Waals surface area contributed by atoms with Gasteiger partial charge in [0.2, 0.25) is 17.8 Å². The summed E-state index contributed by atoms with van der Waals surface area (Å²) in [6, 6.07) is 15.0. The Morgan fingerprint density at radius 3 is 2.61 bits per heavy atom. The van der Waals surface area contributed by atoms with Crippen molar-refractivity contribution in [1.82, 2.24) is 9.97 Å². The van der Waals surface area contributed by atoms with Crippen LogP contribution in [-0.2, 0) is 16.0 Å². The summed E-state index contributed by atoms with van der Waals surface area (Å²) in [7, 11) is 0. The number of para-hydroxylation sites is 1. The van der Waals surface area contributed by atoms with Crippen molar-refractivity contribution >= 4 is 35.0 Å². The van der Waals surface area contributed by atoms with Gasteiger partial charge in [-0.15, -0.1) is 0 Å². The number of anilines is 4. The van der Waals surface area contributed by atoms with Crippen molar-refractivity contribution in [2.45, 2.75) is 32.6 Å². The Balaban J connectivity index is 1.64. The molecule has 8 nitrogen and oxygen atoms in total. The van der Waals surface area contributed by atoms with Gasteiger partial charge in [-0.25, -0.2) is 0 Å². The monoisotopic (exact) mass is 417 g/mol. The number of hydrogen-bond donors (Lipinski definition) is 4. The van der Waals surface area contributed by atoms with Gasteiger partial charge in [-0.2, -0.15) is 4.98 Å². The van der Waals surface area contributed by atoms with Crippen LogP contribution in [-0.4, -0.2) is 21.8 Å². The number of carbonyl (C=O) groups excluding carboxylic acids is 2. The molecule has 0 bridgehead atoms. The number of fused-ring (bicyclic) bond motifs is 1. The molecule has 0 unspecified atom stereocenters. The zero-order chi connectivity index (χ0) is 22.0. The molecule has 0 fully saturated rings. The quantitative estimate of drug-likeness (QED) is 0.507. The Hall–Kier alpha value is -3.94. The van der Waals surface area contributed by atoms with Crippen LogP contribution in [0.15, 0.2) is 53.3 Å². The maximum atomic E-state index is 13.0. The minimum Gasteiger partial charge on any atom is -0.326 e. The Morgan fingerprint density at radius 1 is 1.13 bits per heavy atom. The number of nitrogens with zero attached hydrogens (tertiary/aromatic N) is 1. The fraction of sp³-hybridized carbons (Fsp3) is 0.217. The summed E-state index contributed by atoms with van der Waals surface area (Å²) >= 11 is 0. The van der Waals surface area contributed by atoms with E-state index >= 15 is 0 Å². The minimum absolute atomic E-state index is 0.0959. The molecule has 4 N–H and O–H groups in total. The molecule has 1 atom stereocenters. The van der Waals surface area contributed by atoms with Gasteiger partial charge in [0.1, 0.15) is 5.82 Å². The van der Waals surface area contributed by atoms with Gasteiger partial charge in [0.25, 0.3) is 5.56 Å². The third-order valence-corrected chi connectivity index (χ3v) is 5.24. The summed E-state index contributed by atoms with van der Waals surface area (Å²) in [6.45, 7) is 3.97. The number of benzene rings is 2. The smallest absolute Gasteiger partial charge is 0.258 e. The lowest BCUT2D eigenvalue weighted by atomic mass is 9.92. The number of aromatic amines is 1. The number of carbonyl (C=O) groups is 2. The Labute approximate surface area is 179 Å². The van der Waals surface area contributed by atoms with E-state index in [4.69, 9.17) is 0 Å². The second-order valence-corrected chi connectivity index (χ2v) is 7.47. The molecule has 2 amide bonds. The number of aromatic nitrogens is 2. The van der Waals surface area contributed by atoms with E-state index in [-0.39, 0.29) is 29.7 Å². The average molecular weight is 417 g/mol. The topological polar surface area (TPSA) is 116 Å². The van der Waals surface area contributed by atoms with Crippen molar-refractivity contribution < 1.29 is 9.59 Å². The molecule has 2 aromatic carbocycles. The number of rotatable bonds is 5. The van der Waals surface area contributed by atoms with Crippen molar-refractivity contribution in [3.05, 3.63) is 75.6 Å². The highest BCUT2D eigenvalue weighted by atomic mass is 16.2. The molecule has 0 aliphatic carbocycles. The Bertz CT molecular complexity index is 1200. The van der Waals surface area contributed by atoms with Crippen molar-refractivity contribution in [2.24, 2.45) is 0 Å². The van der Waals surface area contributed by atoms with Gasteiger partial charge >= 0.3 is 0 Å². The molecular formula is C23H23N5O3. The molecule has 31 heavy (non-hydrogen) atoms. The first-order valence-electron chi connectivity index (χ1n) is 10.1. The summed E-state index contributed by atoms with van der Waals surface area (Å²) in [5.74, 6) is -1.43. The lowest BCUT2D eigenvalue weighted by molar-refractivity contribution is -0.123. The van der Waals surface area contributed by atoms with Gasteiger partial charge in [-0.05, 0) is 37.1 Å². The molecule has 4 rings (SSSR count). The normalized spacial score (nSPS) is 15.0. The third kappa shape index (κ3) is 4.32. The molecule has 0 spiro atoms. The highest BCUT2D eigenvalue weighted by molar-refractivity contribution is 6.04. The van der Waals surface area contributed by atoms with Crippen LogP contribution in [0.4, 0.5) is 23.1 Å². The number of amides is 2. The van der Waals surface area contributed by atoms with Crippen LogP contribution in [0.5, 0.6) is 0 Å². The van der Waals surface area contributed by atoms with E-state index in [1.165, 1.54) is 0 Å². The predicted octanol–water partition coefficient (Wildman–Crippen LogP) is 3.45. The lowest BCUT2D eigenvalue weighted by Crippen LogP contribution is -2.36. The van der Waals surface area contributed by atoms with Gasteiger partial charge < -0.3 is 16.0 Å². The average Bonchev–Trinajstić information content (AvgIpc) is 2.75. The molecule has 2 heterocycles. The van der Waals surface area contributed by atoms with Gasteiger partial charge in [0, 0.05) is 17.8 Å². The number of H-pyrrole nitrogens is 1. The zero-order valence-corrected chi connectivity index (χ0v) is 17.3. The molecule has 158 valence electrons. The first kappa shape index (κ1) is 20.3. The van der Waals surface area contributed by atoms with Crippen LogP contribution in [0.3, 0.4) is 0 Å². The van der Waals surface area contributed by atoms with Crippen LogP contribution < -0.4 is 21.5 Å². The Morgan fingerprint density at radius 2 is 1.87 bits per heavy atom. The molecule has 1 aromatic heterocycles. The van der Waals surface area contributed by atoms with Crippen molar-refractivity contribution in [3.8, 4) is 0 Å². The second-order valence-electron chi connectivity index (χ2n) is 7.47. The van der Waals surface area contributed by atoms with E-state index in [1.807, 2.05) is 56.3 Å². The van der Waals surface area contributed by atoms with E-state index < -0.39 is 17.4 Å². The fourth-order valence-electron chi connectivity index (χ4n) is 3.60. The number of aryl methyl sites for hydroxylation is 2. The zero-order valence-electron chi connectivity index (χ0n) is 17.3. The number of nitrogens with one attached hydrogen (secondary N) is 4. The molecule has 8 heteroatoms. The molecule has 0 saturated carbocycles. The van der Waals surface area contributed by atoms with E-state index in [0.717, 1.165) is 23.2 Å².